The van der Waals surface area contributed by atoms with Crippen molar-refractivity contribution in [3.05, 3.63) is 64.9 Å². The van der Waals surface area contributed by atoms with Gasteiger partial charge in [-0.3, -0.25) is 9.78 Å². The number of thiocarbonyl (C=S) groups is 1. The van der Waals surface area contributed by atoms with Gasteiger partial charge in [-0.2, -0.15) is 0 Å². The number of halogens is 1. The van der Waals surface area contributed by atoms with Crippen LogP contribution >= 0.6 is 35.6 Å². The second-order valence-corrected chi connectivity index (χ2v) is 6.74. The predicted molar refractivity (Wildman–Crippen MR) is 96.5 cm³/mol. The lowest BCUT2D eigenvalue weighted by molar-refractivity contribution is 0.0989. The van der Waals surface area contributed by atoms with Crippen molar-refractivity contribution in [2.45, 2.75) is 13.0 Å². The lowest BCUT2D eigenvalue weighted by Gasteiger charge is -2.07. The third kappa shape index (κ3) is 5.75. The lowest BCUT2D eigenvalue weighted by Crippen LogP contribution is -2.18. The van der Waals surface area contributed by atoms with Crippen molar-refractivity contribution in [2.75, 3.05) is 5.75 Å². The smallest absolute Gasteiger partial charge is 0.163 e. The third-order valence-corrected chi connectivity index (χ3v) is 4.45. The second kappa shape index (κ2) is 8.88. The molecule has 2 rings (SSSR count). The molecule has 0 fully saturated rings. The Morgan fingerprint density at radius 1 is 1.27 bits per heavy atom. The molecular formula is C16H15ClN2OS2. The van der Waals surface area contributed by atoms with Crippen LogP contribution in [0.4, 0.5) is 0 Å². The Hall–Kier alpha value is -1.43. The summed E-state index contributed by atoms with van der Waals surface area (Å²) in [5, 5.41) is 3.78. The molecule has 0 radical (unpaired) electrons. The number of ketones is 1. The number of nitrogens with one attached hydrogen (secondary N) is 1. The number of carbonyl (C=O) groups excluding carboxylic acids is 1. The average Bonchev–Trinajstić information content (AvgIpc) is 2.54. The summed E-state index contributed by atoms with van der Waals surface area (Å²) < 4.78 is 0.688. The van der Waals surface area contributed by atoms with Gasteiger partial charge in [-0.05, 0) is 35.9 Å². The minimum atomic E-state index is 0.0965. The predicted octanol–water partition coefficient (Wildman–Crippen LogP) is 4.12. The molecule has 114 valence electrons. The number of hydrogen-bond acceptors (Lipinski definition) is 4. The van der Waals surface area contributed by atoms with Crippen molar-refractivity contribution in [3.8, 4) is 0 Å². The summed E-state index contributed by atoms with van der Waals surface area (Å²) in [4.78, 5) is 16.0. The maximum atomic E-state index is 12.0. The quantitative estimate of drug-likeness (QED) is 0.627. The molecule has 3 nitrogen and oxygen atoms in total. The molecule has 0 atom stereocenters. The highest BCUT2D eigenvalue weighted by atomic mass is 35.5. The Kier molecular flexibility index (Phi) is 6.83. The number of carbonyl (C=O) groups is 1. The van der Waals surface area contributed by atoms with E-state index in [-0.39, 0.29) is 5.78 Å². The molecule has 0 aliphatic heterocycles. The van der Waals surface area contributed by atoms with E-state index in [4.69, 9.17) is 23.8 Å². The van der Waals surface area contributed by atoms with Gasteiger partial charge < -0.3 is 5.32 Å². The van der Waals surface area contributed by atoms with Gasteiger partial charge in [0.1, 0.15) is 4.32 Å². The molecule has 6 heteroatoms. The van der Waals surface area contributed by atoms with E-state index in [9.17, 15) is 4.79 Å². The van der Waals surface area contributed by atoms with Crippen LogP contribution in [-0.4, -0.2) is 20.8 Å². The van der Waals surface area contributed by atoms with Gasteiger partial charge in [0, 0.05) is 41.7 Å². The van der Waals surface area contributed by atoms with Crippen molar-refractivity contribution in [3.63, 3.8) is 0 Å². The number of pyridine rings is 1. The number of rotatable bonds is 6. The van der Waals surface area contributed by atoms with Gasteiger partial charge in [0.15, 0.2) is 5.78 Å². The standard InChI is InChI=1S/C16H15ClN2OS2/c17-14-5-3-13(4-6-14)15(20)7-9-22-16(21)19-11-12-2-1-8-18-10-12/h1-6,8,10H,7,9,11H2,(H,19,21). The molecule has 0 spiro atoms. The highest BCUT2D eigenvalue weighted by Gasteiger charge is 2.06. The number of hydrogen-bond donors (Lipinski definition) is 1. The van der Waals surface area contributed by atoms with Gasteiger partial charge >= 0.3 is 0 Å². The van der Waals surface area contributed by atoms with Crippen molar-refractivity contribution in [1.82, 2.24) is 10.3 Å². The zero-order valence-corrected chi connectivity index (χ0v) is 14.2. The Morgan fingerprint density at radius 2 is 2.05 bits per heavy atom. The van der Waals surface area contributed by atoms with Crippen molar-refractivity contribution in [1.29, 1.82) is 0 Å². The molecular weight excluding hydrogens is 336 g/mol. The highest BCUT2D eigenvalue weighted by Crippen LogP contribution is 2.13. The number of aromatic nitrogens is 1. The first-order valence-electron chi connectivity index (χ1n) is 6.73. The van der Waals surface area contributed by atoms with E-state index >= 15 is 0 Å². The molecule has 0 saturated heterocycles. The highest BCUT2D eigenvalue weighted by molar-refractivity contribution is 8.22. The minimum absolute atomic E-state index is 0.0965. The van der Waals surface area contributed by atoms with E-state index in [1.54, 1.807) is 36.7 Å². The molecule has 0 amide bonds. The topological polar surface area (TPSA) is 42.0 Å². The van der Waals surface area contributed by atoms with E-state index in [2.05, 4.69) is 10.3 Å². The van der Waals surface area contributed by atoms with E-state index in [1.165, 1.54) is 11.8 Å². The Morgan fingerprint density at radius 3 is 2.73 bits per heavy atom. The first-order valence-corrected chi connectivity index (χ1v) is 8.50. The van der Waals surface area contributed by atoms with Gasteiger partial charge in [0.25, 0.3) is 0 Å². The summed E-state index contributed by atoms with van der Waals surface area (Å²) in [6.45, 7) is 0.644. The van der Waals surface area contributed by atoms with Gasteiger partial charge in [0.05, 0.1) is 0 Å². The van der Waals surface area contributed by atoms with Gasteiger partial charge in [-0.15, -0.1) is 0 Å². The van der Waals surface area contributed by atoms with E-state index in [1.807, 2.05) is 12.1 Å². The summed E-state index contributed by atoms with van der Waals surface area (Å²) in [6, 6.07) is 10.8. The van der Waals surface area contributed by atoms with E-state index in [0.717, 1.165) is 5.56 Å². The first kappa shape index (κ1) is 16.9. The largest absolute Gasteiger partial charge is 0.367 e. The molecule has 0 saturated carbocycles. The van der Waals surface area contributed by atoms with Crippen LogP contribution in [0.25, 0.3) is 0 Å². The average molecular weight is 351 g/mol. The van der Waals surface area contributed by atoms with Crippen LogP contribution in [0, 0.1) is 0 Å². The van der Waals surface area contributed by atoms with Crippen LogP contribution < -0.4 is 5.32 Å². The molecule has 22 heavy (non-hydrogen) atoms. The maximum absolute atomic E-state index is 12.0. The lowest BCUT2D eigenvalue weighted by atomic mass is 10.1. The Labute approximate surface area is 144 Å². The summed E-state index contributed by atoms with van der Waals surface area (Å²) in [5.41, 5.74) is 1.75. The van der Waals surface area contributed by atoms with E-state index in [0.29, 0.717) is 33.6 Å². The summed E-state index contributed by atoms with van der Waals surface area (Å²) in [6.07, 6.45) is 3.98. The number of Topliss-reactive ketones (excluding diaryl/α,β-unsaturated/α-hetero) is 1. The normalized spacial score (nSPS) is 10.2. The fraction of sp³-hybridized carbons (Fsp3) is 0.188. The molecule has 1 aromatic carbocycles. The Bertz CT molecular complexity index is 632. The molecule has 1 heterocycles. The number of thioether (sulfide) groups is 1. The fourth-order valence-electron chi connectivity index (χ4n) is 1.74. The monoisotopic (exact) mass is 350 g/mol. The number of benzene rings is 1. The van der Waals surface area contributed by atoms with Crippen LogP contribution in [0.2, 0.25) is 5.02 Å². The Balaban J connectivity index is 1.68. The molecule has 0 unspecified atom stereocenters. The zero-order valence-electron chi connectivity index (χ0n) is 11.8. The van der Waals surface area contributed by atoms with Crippen molar-refractivity contribution in [2.24, 2.45) is 0 Å². The van der Waals surface area contributed by atoms with Crippen LogP contribution in [0.3, 0.4) is 0 Å². The van der Waals surface area contributed by atoms with Crippen molar-refractivity contribution >= 4 is 45.7 Å². The van der Waals surface area contributed by atoms with Gasteiger partial charge in [-0.25, -0.2) is 0 Å². The first-order chi connectivity index (χ1) is 10.6. The van der Waals surface area contributed by atoms with Crippen LogP contribution in [0.5, 0.6) is 0 Å². The fourth-order valence-corrected chi connectivity index (χ4v) is 2.84. The van der Waals surface area contributed by atoms with Crippen molar-refractivity contribution < 1.29 is 4.79 Å². The maximum Gasteiger partial charge on any atom is 0.163 e. The zero-order chi connectivity index (χ0) is 15.8. The summed E-state index contributed by atoms with van der Waals surface area (Å²) in [5.74, 6) is 0.750. The molecule has 1 aromatic heterocycles. The molecule has 0 bridgehead atoms. The van der Waals surface area contributed by atoms with Crippen LogP contribution in [0.15, 0.2) is 48.8 Å². The number of nitrogens with zero attached hydrogens (tertiary/aromatic N) is 1. The van der Waals surface area contributed by atoms with Crippen LogP contribution in [-0.2, 0) is 6.54 Å². The molecule has 0 aliphatic rings. The summed E-state index contributed by atoms with van der Waals surface area (Å²) in [7, 11) is 0. The van der Waals surface area contributed by atoms with Gasteiger partial charge in [0.2, 0.25) is 0 Å². The minimum Gasteiger partial charge on any atom is -0.367 e. The summed E-state index contributed by atoms with van der Waals surface area (Å²) >= 11 is 12.5. The third-order valence-electron chi connectivity index (χ3n) is 2.89. The second-order valence-electron chi connectivity index (χ2n) is 4.53. The molecule has 0 aliphatic carbocycles. The van der Waals surface area contributed by atoms with Crippen LogP contribution in [0.1, 0.15) is 22.3 Å². The van der Waals surface area contributed by atoms with Gasteiger partial charge in [-0.1, -0.05) is 41.6 Å². The molecule has 1 N–H and O–H groups in total. The SMILES string of the molecule is O=C(CCSC(=S)NCc1cccnc1)c1ccc(Cl)cc1. The molecule has 2 aromatic rings. The van der Waals surface area contributed by atoms with E-state index < -0.39 is 0 Å².